The third-order valence-electron chi connectivity index (χ3n) is 1.91. The van der Waals surface area contributed by atoms with E-state index in [0.29, 0.717) is 13.2 Å². The quantitative estimate of drug-likeness (QED) is 0.620. The molecule has 0 radical (unpaired) electrons. The van der Waals surface area contributed by atoms with Crippen molar-refractivity contribution in [3.05, 3.63) is 17.7 Å². The first-order valence-corrected chi connectivity index (χ1v) is 5.18. The normalized spacial score (nSPS) is 10.5. The minimum absolute atomic E-state index is 0.0897. The van der Waals surface area contributed by atoms with Gasteiger partial charge in [0.2, 0.25) is 0 Å². The highest BCUT2D eigenvalue weighted by Crippen LogP contribution is 2.02. The van der Waals surface area contributed by atoms with Crippen molar-refractivity contribution in [2.24, 2.45) is 0 Å². The van der Waals surface area contributed by atoms with E-state index < -0.39 is 11.9 Å². The molecule has 1 amide bonds. The summed E-state index contributed by atoms with van der Waals surface area (Å²) in [6.07, 6.45) is 1.26. The van der Waals surface area contributed by atoms with E-state index in [2.05, 4.69) is 15.3 Å². The first kappa shape index (κ1) is 13.2. The Morgan fingerprint density at radius 1 is 1.59 bits per heavy atom. The molecule has 0 fully saturated rings. The van der Waals surface area contributed by atoms with Crippen LogP contribution in [0.1, 0.15) is 34.8 Å². The second-order valence-corrected chi connectivity index (χ2v) is 3.61. The Labute approximate surface area is 98.2 Å². The highest BCUT2D eigenvalue weighted by atomic mass is 16.5. The number of carbonyl (C=O) groups excluding carboxylic acids is 1. The van der Waals surface area contributed by atoms with Crippen molar-refractivity contribution in [1.29, 1.82) is 0 Å². The van der Waals surface area contributed by atoms with Crippen LogP contribution in [0.15, 0.2) is 6.33 Å². The fraction of sp³-hybridized carbons (Fsp3) is 0.500. The number of hydrogen-bond donors (Lipinski definition) is 3. The van der Waals surface area contributed by atoms with E-state index in [0.717, 1.165) is 0 Å². The number of carboxylic acids is 1. The summed E-state index contributed by atoms with van der Waals surface area (Å²) in [5, 5.41) is 11.3. The molecule has 17 heavy (non-hydrogen) atoms. The van der Waals surface area contributed by atoms with Gasteiger partial charge in [-0.3, -0.25) is 4.79 Å². The molecule has 1 heterocycles. The number of ether oxygens (including phenoxy) is 1. The second-order valence-electron chi connectivity index (χ2n) is 3.61. The van der Waals surface area contributed by atoms with Crippen LogP contribution in [-0.4, -0.2) is 46.2 Å². The Kier molecular flexibility index (Phi) is 4.65. The first-order valence-electron chi connectivity index (χ1n) is 5.18. The zero-order valence-electron chi connectivity index (χ0n) is 9.69. The van der Waals surface area contributed by atoms with Gasteiger partial charge in [0.25, 0.3) is 5.91 Å². The van der Waals surface area contributed by atoms with E-state index in [1.54, 1.807) is 0 Å². The molecular weight excluding hydrogens is 226 g/mol. The Hall–Kier alpha value is -1.89. The lowest BCUT2D eigenvalue weighted by molar-refractivity contribution is 0.0681. The largest absolute Gasteiger partial charge is 0.477 e. The van der Waals surface area contributed by atoms with E-state index in [-0.39, 0.29) is 17.5 Å². The van der Waals surface area contributed by atoms with E-state index in [4.69, 9.17) is 9.84 Å². The zero-order valence-corrected chi connectivity index (χ0v) is 9.69. The SMILES string of the molecule is CC(C)OCCNC(=O)c1nc[nH]c1C(=O)O. The van der Waals surface area contributed by atoms with Gasteiger partial charge in [0.1, 0.15) is 0 Å². The number of H-pyrrole nitrogens is 1. The summed E-state index contributed by atoms with van der Waals surface area (Å²) in [7, 11) is 0. The minimum Gasteiger partial charge on any atom is -0.477 e. The standard InChI is InChI=1S/C10H15N3O4/c1-6(2)17-4-3-11-9(14)7-8(10(15)16)13-5-12-7/h5-6H,3-4H2,1-2H3,(H,11,14)(H,12,13)(H,15,16). The Bertz CT molecular complexity index is 400. The van der Waals surface area contributed by atoms with Crippen LogP contribution in [0.4, 0.5) is 0 Å². The summed E-state index contributed by atoms with van der Waals surface area (Å²) >= 11 is 0. The Morgan fingerprint density at radius 2 is 2.29 bits per heavy atom. The summed E-state index contributed by atoms with van der Waals surface area (Å²) < 4.78 is 5.23. The van der Waals surface area contributed by atoms with Crippen LogP contribution < -0.4 is 5.32 Å². The average molecular weight is 241 g/mol. The summed E-state index contributed by atoms with van der Waals surface area (Å²) in [5.41, 5.74) is -0.339. The molecule has 1 aromatic heterocycles. The fourth-order valence-electron chi connectivity index (χ4n) is 1.17. The average Bonchev–Trinajstić information content (AvgIpc) is 2.72. The van der Waals surface area contributed by atoms with Gasteiger partial charge < -0.3 is 20.1 Å². The summed E-state index contributed by atoms with van der Waals surface area (Å²) in [4.78, 5) is 28.3. The van der Waals surface area contributed by atoms with Crippen molar-refractivity contribution in [3.8, 4) is 0 Å². The van der Waals surface area contributed by atoms with Gasteiger partial charge in [-0.1, -0.05) is 0 Å². The first-order chi connectivity index (χ1) is 8.02. The maximum absolute atomic E-state index is 11.6. The zero-order chi connectivity index (χ0) is 12.8. The number of aromatic carboxylic acids is 1. The number of amides is 1. The van der Waals surface area contributed by atoms with Crippen LogP contribution in [0.25, 0.3) is 0 Å². The van der Waals surface area contributed by atoms with Crippen molar-refractivity contribution in [2.45, 2.75) is 20.0 Å². The van der Waals surface area contributed by atoms with Crippen LogP contribution in [0.2, 0.25) is 0 Å². The maximum atomic E-state index is 11.6. The van der Waals surface area contributed by atoms with E-state index >= 15 is 0 Å². The van der Waals surface area contributed by atoms with Gasteiger partial charge in [-0.2, -0.15) is 0 Å². The summed E-state index contributed by atoms with van der Waals surface area (Å²) in [5.74, 6) is -1.75. The van der Waals surface area contributed by atoms with Gasteiger partial charge in [0.05, 0.1) is 19.0 Å². The van der Waals surface area contributed by atoms with Crippen molar-refractivity contribution in [1.82, 2.24) is 15.3 Å². The molecule has 0 spiro atoms. The van der Waals surface area contributed by atoms with Gasteiger partial charge >= 0.3 is 5.97 Å². The smallest absolute Gasteiger partial charge is 0.354 e. The Balaban J connectivity index is 2.47. The molecule has 0 aliphatic heterocycles. The molecule has 1 aromatic rings. The number of nitrogens with zero attached hydrogens (tertiary/aromatic N) is 1. The number of rotatable bonds is 6. The van der Waals surface area contributed by atoms with Crippen LogP contribution in [0.5, 0.6) is 0 Å². The highest BCUT2D eigenvalue weighted by Gasteiger charge is 2.18. The monoisotopic (exact) mass is 241 g/mol. The molecule has 0 bridgehead atoms. The predicted molar refractivity (Wildman–Crippen MR) is 59.0 cm³/mol. The third-order valence-corrected chi connectivity index (χ3v) is 1.91. The molecule has 0 saturated heterocycles. The molecule has 7 nitrogen and oxygen atoms in total. The lowest BCUT2D eigenvalue weighted by atomic mass is 10.3. The summed E-state index contributed by atoms with van der Waals surface area (Å²) in [6.45, 7) is 4.45. The van der Waals surface area contributed by atoms with Crippen molar-refractivity contribution in [2.75, 3.05) is 13.2 Å². The molecule has 3 N–H and O–H groups in total. The van der Waals surface area contributed by atoms with Crippen LogP contribution >= 0.6 is 0 Å². The number of nitrogens with one attached hydrogen (secondary N) is 2. The summed E-state index contributed by atoms with van der Waals surface area (Å²) in [6, 6.07) is 0. The van der Waals surface area contributed by atoms with Crippen LogP contribution in [0.3, 0.4) is 0 Å². The Morgan fingerprint density at radius 3 is 2.88 bits per heavy atom. The number of aromatic nitrogens is 2. The molecule has 7 heteroatoms. The number of carboxylic acid groups (broad SMARTS) is 1. The van der Waals surface area contributed by atoms with Gasteiger partial charge in [0, 0.05) is 6.54 Å². The van der Waals surface area contributed by atoms with Gasteiger partial charge in [-0.15, -0.1) is 0 Å². The van der Waals surface area contributed by atoms with Gasteiger partial charge in [0.15, 0.2) is 11.4 Å². The van der Waals surface area contributed by atoms with E-state index in [9.17, 15) is 9.59 Å². The van der Waals surface area contributed by atoms with Crippen molar-refractivity contribution < 1.29 is 19.4 Å². The molecule has 0 atom stereocenters. The number of carbonyl (C=O) groups is 2. The number of imidazole rings is 1. The van der Waals surface area contributed by atoms with Crippen LogP contribution in [0, 0.1) is 0 Å². The minimum atomic E-state index is -1.22. The topological polar surface area (TPSA) is 104 Å². The van der Waals surface area contributed by atoms with E-state index in [1.807, 2.05) is 13.8 Å². The predicted octanol–water partition coefficient (Wildman–Crippen LogP) is 0.263. The molecule has 0 aliphatic rings. The fourth-order valence-corrected chi connectivity index (χ4v) is 1.17. The third kappa shape index (κ3) is 3.87. The molecule has 1 rings (SSSR count). The number of hydrogen-bond acceptors (Lipinski definition) is 4. The van der Waals surface area contributed by atoms with Crippen molar-refractivity contribution >= 4 is 11.9 Å². The second kappa shape index (κ2) is 6.00. The maximum Gasteiger partial charge on any atom is 0.354 e. The lowest BCUT2D eigenvalue weighted by Gasteiger charge is -2.07. The highest BCUT2D eigenvalue weighted by molar-refractivity contribution is 6.02. The molecule has 0 saturated carbocycles. The van der Waals surface area contributed by atoms with Crippen molar-refractivity contribution in [3.63, 3.8) is 0 Å². The molecular formula is C10H15N3O4. The molecule has 0 aromatic carbocycles. The van der Waals surface area contributed by atoms with Gasteiger partial charge in [-0.25, -0.2) is 9.78 Å². The van der Waals surface area contributed by atoms with Crippen LogP contribution in [-0.2, 0) is 4.74 Å². The lowest BCUT2D eigenvalue weighted by Crippen LogP contribution is -2.29. The molecule has 94 valence electrons. The van der Waals surface area contributed by atoms with Gasteiger partial charge in [-0.05, 0) is 13.8 Å². The molecule has 0 aliphatic carbocycles. The van der Waals surface area contributed by atoms with E-state index in [1.165, 1.54) is 6.33 Å². The molecule has 0 unspecified atom stereocenters. The number of aromatic amines is 1.